The molecule has 146 valence electrons. The molecule has 0 aromatic heterocycles. The molecule has 4 unspecified atom stereocenters. The highest BCUT2D eigenvalue weighted by Gasteiger charge is 2.57. The number of benzene rings is 2. The van der Waals surface area contributed by atoms with Crippen molar-refractivity contribution < 1.29 is 0 Å². The van der Waals surface area contributed by atoms with Crippen LogP contribution in [0.25, 0.3) is 11.1 Å². The fraction of sp³-hybridized carbons (Fsp3) is 0.310. The molecule has 0 N–H and O–H groups in total. The Balaban J connectivity index is 0.000000882. The van der Waals surface area contributed by atoms with Crippen molar-refractivity contribution in [3.8, 4) is 11.1 Å². The van der Waals surface area contributed by atoms with E-state index in [0.717, 1.165) is 12.3 Å². The normalized spacial score (nSPS) is 32.8. The average Bonchev–Trinajstić information content (AvgIpc) is 3.68. The maximum atomic E-state index is 2.63. The van der Waals surface area contributed by atoms with Gasteiger partial charge < -0.3 is 0 Å². The first-order chi connectivity index (χ1) is 14.3. The van der Waals surface area contributed by atoms with Gasteiger partial charge in [0, 0.05) is 10.8 Å². The topological polar surface area (TPSA) is 0 Å². The molecule has 4 aliphatic rings. The summed E-state index contributed by atoms with van der Waals surface area (Å²) < 4.78 is 0. The molecule has 0 spiro atoms. The van der Waals surface area contributed by atoms with Gasteiger partial charge in [-0.2, -0.15) is 0 Å². The van der Waals surface area contributed by atoms with Crippen LogP contribution in [0.2, 0.25) is 0 Å². The van der Waals surface area contributed by atoms with Gasteiger partial charge in [-0.05, 0) is 47.8 Å². The highest BCUT2D eigenvalue weighted by molar-refractivity contribution is 5.64. The first-order valence-electron chi connectivity index (χ1n) is 11.2. The van der Waals surface area contributed by atoms with Crippen LogP contribution in [0.5, 0.6) is 0 Å². The van der Waals surface area contributed by atoms with Crippen molar-refractivity contribution in [3.63, 3.8) is 0 Å². The second-order valence-corrected chi connectivity index (χ2v) is 8.69. The summed E-state index contributed by atoms with van der Waals surface area (Å²) in [5.41, 5.74) is 6.34. The van der Waals surface area contributed by atoms with Gasteiger partial charge in [0.05, 0.1) is 0 Å². The molecule has 2 saturated carbocycles. The van der Waals surface area contributed by atoms with Gasteiger partial charge in [-0.1, -0.05) is 117 Å². The van der Waals surface area contributed by atoms with E-state index in [9.17, 15) is 0 Å². The Kier molecular flexibility index (Phi) is 4.46. The molecule has 0 nitrogen and oxygen atoms in total. The average molecular weight is 379 g/mol. The lowest BCUT2D eigenvalue weighted by atomic mass is 9.87. The number of hydrogen-bond acceptors (Lipinski definition) is 0. The lowest BCUT2D eigenvalue weighted by Crippen LogP contribution is -2.07. The van der Waals surface area contributed by atoms with E-state index in [0.29, 0.717) is 11.3 Å². The second kappa shape index (κ2) is 7.02. The van der Waals surface area contributed by atoms with Crippen molar-refractivity contribution >= 4 is 0 Å². The van der Waals surface area contributed by atoms with Crippen LogP contribution < -0.4 is 0 Å². The van der Waals surface area contributed by atoms with E-state index in [1.165, 1.54) is 29.5 Å². The Labute approximate surface area is 175 Å². The second-order valence-electron chi connectivity index (χ2n) is 8.69. The van der Waals surface area contributed by atoms with Gasteiger partial charge in [0.2, 0.25) is 0 Å². The SMILES string of the molecule is C1=CC2CC2(C2=CC3CC3(c3ccc(-c4ccccc4)cc3)C=CC2)C=C1.CC. The quantitative estimate of drug-likeness (QED) is 0.481. The van der Waals surface area contributed by atoms with Crippen LogP contribution in [0.3, 0.4) is 0 Å². The van der Waals surface area contributed by atoms with E-state index in [4.69, 9.17) is 0 Å². The summed E-state index contributed by atoms with van der Waals surface area (Å²) >= 11 is 0. The van der Waals surface area contributed by atoms with E-state index >= 15 is 0 Å². The van der Waals surface area contributed by atoms with Crippen LogP contribution in [0, 0.1) is 17.3 Å². The van der Waals surface area contributed by atoms with Crippen LogP contribution in [-0.4, -0.2) is 0 Å². The zero-order valence-electron chi connectivity index (χ0n) is 17.5. The predicted octanol–water partition coefficient (Wildman–Crippen LogP) is 7.66. The van der Waals surface area contributed by atoms with E-state index in [1.807, 2.05) is 13.8 Å². The van der Waals surface area contributed by atoms with Crippen molar-refractivity contribution in [1.82, 2.24) is 0 Å². The minimum Gasteiger partial charge on any atom is -0.0835 e. The summed E-state index contributed by atoms with van der Waals surface area (Å²) in [5, 5.41) is 0. The molecule has 4 atom stereocenters. The number of rotatable bonds is 3. The maximum Gasteiger partial charge on any atom is 0.0201 e. The molecule has 29 heavy (non-hydrogen) atoms. The van der Waals surface area contributed by atoms with Crippen LogP contribution in [0.4, 0.5) is 0 Å². The predicted molar refractivity (Wildman–Crippen MR) is 124 cm³/mol. The summed E-state index contributed by atoms with van der Waals surface area (Å²) in [5.74, 6) is 1.42. The highest BCUT2D eigenvalue weighted by atomic mass is 14.6. The molecule has 2 aromatic rings. The van der Waals surface area contributed by atoms with Gasteiger partial charge in [0.15, 0.2) is 0 Å². The molecule has 0 heterocycles. The molecule has 6 rings (SSSR count). The van der Waals surface area contributed by atoms with Gasteiger partial charge in [0.25, 0.3) is 0 Å². The fourth-order valence-electron chi connectivity index (χ4n) is 5.43. The molecule has 0 saturated heterocycles. The molecule has 2 fully saturated rings. The molecule has 0 radical (unpaired) electrons. The maximum absolute atomic E-state index is 2.63. The summed E-state index contributed by atoms with van der Waals surface area (Å²) in [4.78, 5) is 0. The third kappa shape index (κ3) is 2.97. The summed E-state index contributed by atoms with van der Waals surface area (Å²) in [6.07, 6.45) is 20.6. The molecule has 0 aliphatic heterocycles. The smallest absolute Gasteiger partial charge is 0.0201 e. The first-order valence-corrected chi connectivity index (χ1v) is 11.2. The first kappa shape index (κ1) is 18.4. The third-order valence-corrected chi connectivity index (χ3v) is 7.25. The molecule has 0 bridgehead atoms. The summed E-state index contributed by atoms with van der Waals surface area (Å²) in [6.45, 7) is 4.00. The van der Waals surface area contributed by atoms with E-state index in [1.54, 1.807) is 5.57 Å². The van der Waals surface area contributed by atoms with Crippen LogP contribution in [0.15, 0.2) is 103 Å². The standard InChI is InChI=1S/C27H24.C2H6/c1-2-7-20(8-3-1)21-11-13-22(14-12-21)26-16-6-10-23(17-25(26)19-26)27-15-5-4-9-24(27)18-27;1-2/h1-9,11-17,24-25H,10,18-19H2;1-2H3. The molecule has 2 aromatic carbocycles. The Hall–Kier alpha value is -2.60. The Morgan fingerprint density at radius 1 is 0.724 bits per heavy atom. The van der Waals surface area contributed by atoms with Gasteiger partial charge >= 0.3 is 0 Å². The highest BCUT2D eigenvalue weighted by Crippen LogP contribution is 2.65. The lowest BCUT2D eigenvalue weighted by molar-refractivity contribution is 0.696. The zero-order valence-corrected chi connectivity index (χ0v) is 17.5. The van der Waals surface area contributed by atoms with E-state index in [2.05, 4.69) is 97.1 Å². The monoisotopic (exact) mass is 378 g/mol. The number of allylic oxidation sites excluding steroid dienone is 8. The van der Waals surface area contributed by atoms with Gasteiger partial charge in [-0.15, -0.1) is 0 Å². The molecular formula is C29H30. The van der Waals surface area contributed by atoms with Gasteiger partial charge in [-0.3, -0.25) is 0 Å². The largest absolute Gasteiger partial charge is 0.0835 e. The molecular weight excluding hydrogens is 348 g/mol. The van der Waals surface area contributed by atoms with Gasteiger partial charge in [0.1, 0.15) is 0 Å². The van der Waals surface area contributed by atoms with Crippen LogP contribution in [-0.2, 0) is 5.41 Å². The molecule has 4 aliphatic carbocycles. The van der Waals surface area contributed by atoms with Crippen molar-refractivity contribution in [3.05, 3.63) is 108 Å². The van der Waals surface area contributed by atoms with Crippen molar-refractivity contribution in [2.75, 3.05) is 0 Å². The molecule has 0 heteroatoms. The Morgan fingerprint density at radius 3 is 2.21 bits per heavy atom. The van der Waals surface area contributed by atoms with Crippen molar-refractivity contribution in [2.45, 2.75) is 38.5 Å². The van der Waals surface area contributed by atoms with E-state index in [-0.39, 0.29) is 5.41 Å². The minimum atomic E-state index is 0.242. The summed E-state index contributed by atoms with van der Waals surface area (Å²) in [6, 6.07) is 20.0. The third-order valence-electron chi connectivity index (χ3n) is 7.25. The van der Waals surface area contributed by atoms with Crippen molar-refractivity contribution in [2.24, 2.45) is 17.3 Å². The number of hydrogen-bond donors (Lipinski definition) is 0. The molecule has 0 amide bonds. The summed E-state index contributed by atoms with van der Waals surface area (Å²) in [7, 11) is 0. The van der Waals surface area contributed by atoms with Crippen LogP contribution in [0.1, 0.15) is 38.7 Å². The zero-order chi connectivity index (χ0) is 19.9. The van der Waals surface area contributed by atoms with Crippen molar-refractivity contribution in [1.29, 1.82) is 0 Å². The van der Waals surface area contributed by atoms with Gasteiger partial charge in [-0.25, -0.2) is 0 Å². The minimum absolute atomic E-state index is 0.242. The lowest BCUT2D eigenvalue weighted by Gasteiger charge is -2.17. The number of fused-ring (bicyclic) bond motifs is 2. The Morgan fingerprint density at radius 2 is 1.45 bits per heavy atom. The fourth-order valence-corrected chi connectivity index (χ4v) is 5.43. The van der Waals surface area contributed by atoms with E-state index < -0.39 is 0 Å². The Bertz CT molecular complexity index is 1000. The van der Waals surface area contributed by atoms with Crippen LogP contribution >= 0.6 is 0 Å².